The maximum atomic E-state index is 14.2. The number of aryl methyl sites for hydroxylation is 1. The number of hydrogen-bond acceptors (Lipinski definition) is 2. The van der Waals surface area contributed by atoms with Gasteiger partial charge in [0.15, 0.2) is 11.9 Å². The van der Waals surface area contributed by atoms with Crippen molar-refractivity contribution in [1.29, 1.82) is 0 Å². The zero-order valence-corrected chi connectivity index (χ0v) is 43.5. The number of alkyl halides is 24. The van der Waals surface area contributed by atoms with Gasteiger partial charge in [0.25, 0.3) is 0 Å². The Hall–Kier alpha value is -6.77. The molecule has 0 aliphatic rings. The number of aromatic nitrogens is 2. The zero-order chi connectivity index (χ0) is 63.1. The molecule has 28 heteroatoms. The molecule has 0 spiro atoms. The lowest BCUT2D eigenvalue weighted by Crippen LogP contribution is -2.75. The van der Waals surface area contributed by atoms with Gasteiger partial charge in [-0.2, -0.15) is 132 Å². The molecule has 0 atom stereocenters. The predicted molar refractivity (Wildman–Crippen MR) is 261 cm³/mol. The molecule has 1 heterocycles. The van der Waals surface area contributed by atoms with Crippen LogP contribution in [-0.2, 0) is 62.4 Å². The van der Waals surface area contributed by atoms with Gasteiger partial charge in [0, 0.05) is 12.0 Å². The highest BCUT2D eigenvalue weighted by atomic mass is 19.4. The largest absolute Gasteiger partial charge is 0.416 e. The van der Waals surface area contributed by atoms with Crippen LogP contribution in [0.1, 0.15) is 132 Å². The molecule has 5 aromatic carbocycles. The number of nitrogens with zero attached hydrogens (tertiary/aromatic N) is 2. The highest BCUT2D eigenvalue weighted by Crippen LogP contribution is 2.41. The molecule has 0 aliphatic heterocycles. The Kier molecular flexibility index (Phi) is 21.2. The second-order valence-corrected chi connectivity index (χ2v) is 19.6. The first-order valence-corrected chi connectivity index (χ1v) is 25.3. The molecule has 0 unspecified atom stereocenters. The number of unbranched alkanes of at least 4 members (excludes halogenated alkanes) is 9. The van der Waals surface area contributed by atoms with E-state index in [2.05, 4.69) is 16.5 Å². The van der Waals surface area contributed by atoms with E-state index in [1.165, 1.54) is 64.2 Å². The minimum Gasteiger partial charge on any atom is -0.287 e. The molecule has 0 fully saturated rings. The minimum absolute atomic E-state index is 0.149. The Labute approximate surface area is 463 Å². The average molecular weight is 1230 g/mol. The molecule has 1 aromatic heterocycles. The number of carbonyl (C=O) groups excluding carboxylic acids is 1. The van der Waals surface area contributed by atoms with Gasteiger partial charge in [-0.05, 0) is 30.7 Å². The van der Waals surface area contributed by atoms with Crippen LogP contribution >= 0.6 is 0 Å². The van der Waals surface area contributed by atoms with E-state index in [0.29, 0.717) is 6.54 Å². The summed E-state index contributed by atoms with van der Waals surface area (Å²) >= 11 is 0. The summed E-state index contributed by atoms with van der Waals surface area (Å²) in [5, 5.41) is 0. The third-order valence-corrected chi connectivity index (χ3v) is 13.6. The maximum absolute atomic E-state index is 14.2. The third-order valence-electron chi connectivity index (χ3n) is 13.6. The molecular weight excluding hydrogens is 1180 g/mol. The zero-order valence-electron chi connectivity index (χ0n) is 43.5. The van der Waals surface area contributed by atoms with Gasteiger partial charge >= 0.3 is 49.4 Å². The van der Waals surface area contributed by atoms with Crippen LogP contribution in [0.5, 0.6) is 0 Å². The number of carbonyl (C=O) groups is 1. The van der Waals surface area contributed by atoms with Gasteiger partial charge in [-0.3, -0.25) is 9.78 Å². The van der Waals surface area contributed by atoms with E-state index in [4.69, 9.17) is 0 Å². The molecule has 84 heavy (non-hydrogen) atoms. The summed E-state index contributed by atoms with van der Waals surface area (Å²) in [6, 6.07) is 0.713. The van der Waals surface area contributed by atoms with E-state index in [-0.39, 0.29) is 5.78 Å². The van der Waals surface area contributed by atoms with Crippen molar-refractivity contribution < 1.29 is 115 Å². The first-order valence-electron chi connectivity index (χ1n) is 25.3. The molecule has 6 aromatic rings. The number of rotatable bonds is 18. The second-order valence-electron chi connectivity index (χ2n) is 19.6. The first kappa shape index (κ1) is 68.0. The van der Waals surface area contributed by atoms with E-state index < -0.39 is 195 Å². The highest BCUT2D eigenvalue weighted by molar-refractivity contribution is 7.20. The molecule has 6 rings (SSSR count). The van der Waals surface area contributed by atoms with Gasteiger partial charge in [0.1, 0.15) is 6.15 Å². The Morgan fingerprint density at radius 2 is 0.667 bits per heavy atom. The van der Waals surface area contributed by atoms with Crippen LogP contribution in [0.3, 0.4) is 0 Å². The lowest BCUT2D eigenvalue weighted by molar-refractivity contribution is -0.691. The molecule has 0 amide bonds. The van der Waals surface area contributed by atoms with Crippen LogP contribution in [0.4, 0.5) is 105 Å². The lowest BCUT2D eigenvalue weighted by atomic mass is 9.12. The Bertz CT molecular complexity index is 2730. The van der Waals surface area contributed by atoms with Crippen molar-refractivity contribution >= 4 is 33.8 Å². The first-order chi connectivity index (χ1) is 38.6. The molecule has 0 bridgehead atoms. The number of halogens is 24. The fourth-order valence-electron chi connectivity index (χ4n) is 9.51. The van der Waals surface area contributed by atoms with Crippen molar-refractivity contribution in [1.82, 2.24) is 4.98 Å². The summed E-state index contributed by atoms with van der Waals surface area (Å²) < 4.78 is 343. The Balaban J connectivity index is 0.000000398. The van der Waals surface area contributed by atoms with Gasteiger partial charge < -0.3 is 0 Å². The highest BCUT2D eigenvalue weighted by Gasteiger charge is 2.47. The van der Waals surface area contributed by atoms with Crippen LogP contribution in [0.2, 0.25) is 0 Å². The third kappa shape index (κ3) is 17.9. The van der Waals surface area contributed by atoms with Crippen molar-refractivity contribution in [3.63, 3.8) is 0 Å². The van der Waals surface area contributed by atoms with Gasteiger partial charge in [-0.15, -0.1) is 0 Å². The van der Waals surface area contributed by atoms with Crippen molar-refractivity contribution in [2.75, 3.05) is 0 Å². The number of ketones is 1. The number of benzene rings is 5. The van der Waals surface area contributed by atoms with E-state index in [1.54, 1.807) is 6.20 Å². The van der Waals surface area contributed by atoms with Crippen molar-refractivity contribution in [2.45, 2.75) is 134 Å². The summed E-state index contributed by atoms with van der Waals surface area (Å²) in [4.78, 5) is 16.7. The molecular formula is C56H47BF24N2O. The van der Waals surface area contributed by atoms with Crippen molar-refractivity contribution in [3.05, 3.63) is 177 Å². The predicted octanol–water partition coefficient (Wildman–Crippen LogP) is 16.9. The van der Waals surface area contributed by atoms with Crippen molar-refractivity contribution in [2.24, 2.45) is 0 Å². The Morgan fingerprint density at radius 3 is 0.940 bits per heavy atom. The fraction of sp³-hybridized carbons (Fsp3) is 0.375. The van der Waals surface area contributed by atoms with Gasteiger partial charge in [0.2, 0.25) is 12.3 Å². The smallest absolute Gasteiger partial charge is 0.287 e. The van der Waals surface area contributed by atoms with Crippen LogP contribution in [0.15, 0.2) is 122 Å². The topological polar surface area (TPSA) is 33.8 Å². The molecule has 0 aliphatic carbocycles. The summed E-state index contributed by atoms with van der Waals surface area (Å²) in [5.74, 6) is 0.149. The molecule has 0 N–H and O–H groups in total. The lowest BCUT2D eigenvalue weighted by Gasteiger charge is -2.46. The molecule has 0 saturated heterocycles. The SMILES string of the molecule is CCCCCCCCCCCCc1cncc[n+]1CC(=O)c1ccccc1.FC(F)(F)c1cc([B-](c2cc(C(F)(F)F)cc(C(F)(F)F)c2)(c2cc(C(F)(F)F)cc(C(F)(F)F)c2)c2cc(C(F)(F)F)cc(C(F)(F)F)c2)cc(C(F)(F)F)c1. The molecule has 458 valence electrons. The van der Waals surface area contributed by atoms with Crippen LogP contribution in [0, 0.1) is 0 Å². The van der Waals surface area contributed by atoms with Crippen LogP contribution < -0.4 is 26.4 Å². The van der Waals surface area contributed by atoms with Gasteiger partial charge in [-0.1, -0.05) is 144 Å². The monoisotopic (exact) mass is 1230 g/mol. The quantitative estimate of drug-likeness (QED) is 0.0283. The maximum Gasteiger partial charge on any atom is 0.416 e. The average Bonchev–Trinajstić information content (AvgIpc) is 0.805. The summed E-state index contributed by atoms with van der Waals surface area (Å²) in [5.41, 5.74) is -28.3. The van der Waals surface area contributed by atoms with Crippen LogP contribution in [0.25, 0.3) is 0 Å². The second kappa shape index (κ2) is 26.2. The van der Waals surface area contributed by atoms with Crippen LogP contribution in [-0.4, -0.2) is 16.9 Å². The summed E-state index contributed by atoms with van der Waals surface area (Å²) in [6.45, 7) is 2.66. The van der Waals surface area contributed by atoms with E-state index in [1.807, 2.05) is 42.7 Å². The summed E-state index contributed by atoms with van der Waals surface area (Å²) in [6.07, 6.45) is -34.8. The fourth-order valence-corrected chi connectivity index (χ4v) is 9.51. The van der Waals surface area contributed by atoms with E-state index >= 15 is 0 Å². The van der Waals surface area contributed by atoms with Crippen molar-refractivity contribution in [3.8, 4) is 0 Å². The standard InChI is InChI=1S/C32H12BF24.C24H35N2O/c34-25(35,36)13-1-14(26(37,38)39)6-21(5-13)33(22-7-15(27(40,41)42)2-16(8-22)28(43,44)45,23-9-17(29(46,47)48)3-18(10-23)30(49,50)51)24-11-19(31(52,53)54)4-20(12-24)32(55,56)57;1-2-3-4-5-6-7-8-9-10-14-17-23-20-25-18-19-26(23)21-24(27)22-15-12-11-13-16-22/h1-12H;11-13,15-16,18-20H,2-10,14,17,21H2,1H3/q-1;+1. The number of Topliss-reactive ketones (excluding diaryl/α,β-unsaturated/α-hetero) is 1. The molecule has 3 nitrogen and oxygen atoms in total. The normalized spacial score (nSPS) is 13.2. The van der Waals surface area contributed by atoms with Gasteiger partial charge in [0.05, 0.1) is 56.9 Å². The minimum atomic E-state index is -6.13. The van der Waals surface area contributed by atoms with Gasteiger partial charge in [-0.25, -0.2) is 0 Å². The summed E-state index contributed by atoms with van der Waals surface area (Å²) in [7, 11) is 0. The molecule has 0 radical (unpaired) electrons. The van der Waals surface area contributed by atoms with E-state index in [9.17, 15) is 110 Å². The van der Waals surface area contributed by atoms with E-state index in [0.717, 1.165) is 17.7 Å². The number of hydrogen-bond donors (Lipinski definition) is 0. The Morgan fingerprint density at radius 1 is 0.393 bits per heavy atom. The molecule has 0 saturated carbocycles.